The largest absolute Gasteiger partial charge is 0.462 e. The molecule has 0 heterocycles. The van der Waals surface area contributed by atoms with E-state index < -0.39 is 6.10 Å². The minimum absolute atomic E-state index is 0.0875. The van der Waals surface area contributed by atoms with Crippen molar-refractivity contribution < 1.29 is 28.6 Å². The van der Waals surface area contributed by atoms with Crippen molar-refractivity contribution in [2.45, 2.75) is 264 Å². The minimum Gasteiger partial charge on any atom is -0.462 e. The van der Waals surface area contributed by atoms with Crippen molar-refractivity contribution in [1.29, 1.82) is 0 Å². The molecule has 0 rings (SSSR count). The van der Waals surface area contributed by atoms with Gasteiger partial charge in [0.25, 0.3) is 0 Å². The molecule has 398 valence electrons. The number of hydrogen-bond acceptors (Lipinski definition) is 6. The van der Waals surface area contributed by atoms with Crippen LogP contribution in [0.4, 0.5) is 0 Å². The first kappa shape index (κ1) is 66.1. The van der Waals surface area contributed by atoms with Gasteiger partial charge in [0.2, 0.25) is 0 Å². The van der Waals surface area contributed by atoms with Gasteiger partial charge in [-0.3, -0.25) is 14.4 Å². The van der Waals surface area contributed by atoms with Crippen LogP contribution in [0.1, 0.15) is 258 Å². The molecule has 0 aromatic heterocycles. The average Bonchev–Trinajstić information content (AvgIpc) is 3.36. The Hall–Kier alpha value is -3.93. The Morgan fingerprint density at radius 2 is 0.557 bits per heavy atom. The predicted octanol–water partition coefficient (Wildman–Crippen LogP) is 19.5. The quantitative estimate of drug-likeness (QED) is 0.0262. The van der Waals surface area contributed by atoms with Gasteiger partial charge in [0.15, 0.2) is 6.10 Å². The van der Waals surface area contributed by atoms with E-state index in [0.717, 1.165) is 122 Å². The van der Waals surface area contributed by atoms with Gasteiger partial charge in [-0.1, -0.05) is 259 Å². The highest BCUT2D eigenvalue weighted by atomic mass is 16.6. The molecule has 6 nitrogen and oxygen atoms in total. The van der Waals surface area contributed by atoms with Crippen LogP contribution in [-0.2, 0) is 28.6 Å². The number of rotatable bonds is 51. The van der Waals surface area contributed by atoms with Crippen molar-refractivity contribution in [2.24, 2.45) is 0 Å². The lowest BCUT2D eigenvalue weighted by Crippen LogP contribution is -2.30. The second-order valence-electron chi connectivity index (χ2n) is 18.8. The number of carbonyl (C=O) groups excluding carboxylic acids is 3. The number of ether oxygens (including phenoxy) is 3. The summed E-state index contributed by atoms with van der Waals surface area (Å²) in [6.45, 7) is 6.44. The van der Waals surface area contributed by atoms with Gasteiger partial charge in [-0.25, -0.2) is 0 Å². The van der Waals surface area contributed by atoms with Crippen LogP contribution in [0.15, 0.2) is 109 Å². The van der Waals surface area contributed by atoms with Gasteiger partial charge in [0, 0.05) is 19.3 Å². The van der Waals surface area contributed by atoms with E-state index in [1.54, 1.807) is 0 Å². The maximum atomic E-state index is 12.8. The lowest BCUT2D eigenvalue weighted by Gasteiger charge is -2.18. The Morgan fingerprint density at radius 3 is 0.871 bits per heavy atom. The highest BCUT2D eigenvalue weighted by Gasteiger charge is 2.19. The van der Waals surface area contributed by atoms with E-state index in [0.29, 0.717) is 19.3 Å². The first-order valence-corrected chi connectivity index (χ1v) is 28.9. The highest BCUT2D eigenvalue weighted by Crippen LogP contribution is 2.15. The van der Waals surface area contributed by atoms with E-state index in [1.807, 2.05) is 0 Å². The number of esters is 3. The summed E-state index contributed by atoms with van der Waals surface area (Å²) in [6.07, 6.45) is 78.3. The van der Waals surface area contributed by atoms with Gasteiger partial charge < -0.3 is 14.2 Å². The van der Waals surface area contributed by atoms with Crippen LogP contribution >= 0.6 is 0 Å². The SMILES string of the molecule is CC/C=C\C/C=C\C/C=C\C/C=C\C/C=C\C/C=C\C/C=C\C/C=C\C/C=C\CCCCCC(=O)OCC(COC(=O)CCCCCCCC)OC(=O)CCCCCCCCCCCCCCCCC. The standard InChI is InChI=1S/C64H106O6/c1-4-7-10-13-16-18-20-22-24-25-26-27-28-29-30-31-32-33-34-35-36-37-38-39-41-42-44-46-48-51-54-57-63(66)69-60-61(59-68-62(65)56-53-50-15-12-9-6-3)70-64(67)58-55-52-49-47-45-43-40-23-21-19-17-14-11-8-5-2/h7,10,16,18,22,24,26-27,29-30,32-33,35-36,38-39,42,44,61H,4-6,8-9,11-15,17,19-21,23,25,28,31,34,37,40-41,43,45-60H2,1-3H3/b10-7-,18-16-,24-22-,27-26-,30-29-,33-32-,36-35-,39-38-,44-42-. The third kappa shape index (κ3) is 55.0. The van der Waals surface area contributed by atoms with E-state index >= 15 is 0 Å². The highest BCUT2D eigenvalue weighted by molar-refractivity contribution is 5.71. The van der Waals surface area contributed by atoms with E-state index in [2.05, 4.69) is 130 Å². The van der Waals surface area contributed by atoms with Crippen LogP contribution in [0.5, 0.6) is 0 Å². The molecule has 0 bridgehead atoms. The number of carbonyl (C=O) groups is 3. The Kier molecular flexibility index (Phi) is 54.4. The van der Waals surface area contributed by atoms with Gasteiger partial charge in [-0.15, -0.1) is 0 Å². The van der Waals surface area contributed by atoms with E-state index in [-0.39, 0.29) is 31.1 Å². The van der Waals surface area contributed by atoms with Crippen LogP contribution in [0, 0.1) is 0 Å². The summed E-state index contributed by atoms with van der Waals surface area (Å²) in [5.74, 6) is -0.930. The molecule has 0 aromatic carbocycles. The van der Waals surface area contributed by atoms with Crippen LogP contribution in [0.25, 0.3) is 0 Å². The van der Waals surface area contributed by atoms with Crippen molar-refractivity contribution in [3.8, 4) is 0 Å². The topological polar surface area (TPSA) is 78.9 Å². The second kappa shape index (κ2) is 57.6. The monoisotopic (exact) mass is 971 g/mol. The van der Waals surface area contributed by atoms with Crippen LogP contribution < -0.4 is 0 Å². The first-order valence-electron chi connectivity index (χ1n) is 28.9. The van der Waals surface area contributed by atoms with E-state index in [9.17, 15) is 14.4 Å². The zero-order chi connectivity index (χ0) is 50.7. The van der Waals surface area contributed by atoms with Gasteiger partial charge in [-0.05, 0) is 89.9 Å². The third-order valence-electron chi connectivity index (χ3n) is 12.0. The minimum atomic E-state index is -0.787. The molecular formula is C64H106O6. The molecule has 0 spiro atoms. The van der Waals surface area contributed by atoms with Crippen LogP contribution in [0.3, 0.4) is 0 Å². The van der Waals surface area contributed by atoms with Crippen molar-refractivity contribution in [3.05, 3.63) is 109 Å². The Labute approximate surface area is 431 Å². The van der Waals surface area contributed by atoms with Gasteiger partial charge >= 0.3 is 17.9 Å². The summed E-state index contributed by atoms with van der Waals surface area (Å²) in [4.78, 5) is 37.8. The molecule has 1 atom stereocenters. The molecule has 1 unspecified atom stereocenters. The van der Waals surface area contributed by atoms with Gasteiger partial charge in [0.05, 0.1) is 0 Å². The van der Waals surface area contributed by atoms with E-state index in [4.69, 9.17) is 14.2 Å². The molecule has 0 saturated carbocycles. The molecule has 0 aliphatic carbocycles. The fourth-order valence-electron chi connectivity index (χ4n) is 7.73. The van der Waals surface area contributed by atoms with E-state index in [1.165, 1.54) is 96.3 Å². The van der Waals surface area contributed by atoms with Crippen molar-refractivity contribution in [3.63, 3.8) is 0 Å². The molecular weight excluding hydrogens is 865 g/mol. The zero-order valence-electron chi connectivity index (χ0n) is 45.5. The van der Waals surface area contributed by atoms with Gasteiger partial charge in [0.1, 0.15) is 13.2 Å². The lowest BCUT2D eigenvalue weighted by atomic mass is 10.0. The molecule has 0 aromatic rings. The molecule has 0 N–H and O–H groups in total. The molecule has 0 radical (unpaired) electrons. The number of hydrogen-bond donors (Lipinski definition) is 0. The lowest BCUT2D eigenvalue weighted by molar-refractivity contribution is -0.167. The number of allylic oxidation sites excluding steroid dienone is 18. The summed E-state index contributed by atoms with van der Waals surface area (Å²) in [5, 5.41) is 0. The zero-order valence-corrected chi connectivity index (χ0v) is 45.5. The molecule has 6 heteroatoms. The smallest absolute Gasteiger partial charge is 0.306 e. The first-order chi connectivity index (χ1) is 34.5. The van der Waals surface area contributed by atoms with Crippen LogP contribution in [-0.4, -0.2) is 37.2 Å². The summed E-state index contributed by atoms with van der Waals surface area (Å²) >= 11 is 0. The molecule has 0 amide bonds. The third-order valence-corrected chi connectivity index (χ3v) is 12.0. The summed E-state index contributed by atoms with van der Waals surface area (Å²) in [6, 6.07) is 0. The molecule has 0 fully saturated rings. The molecule has 0 aliphatic heterocycles. The van der Waals surface area contributed by atoms with Crippen molar-refractivity contribution >= 4 is 17.9 Å². The Bertz CT molecular complexity index is 1440. The average molecular weight is 972 g/mol. The molecule has 70 heavy (non-hydrogen) atoms. The molecule has 0 aliphatic rings. The maximum absolute atomic E-state index is 12.8. The maximum Gasteiger partial charge on any atom is 0.306 e. The summed E-state index contributed by atoms with van der Waals surface area (Å²) in [7, 11) is 0. The fourth-order valence-corrected chi connectivity index (χ4v) is 7.73. The second-order valence-corrected chi connectivity index (χ2v) is 18.8. The predicted molar refractivity (Wildman–Crippen MR) is 302 cm³/mol. The normalized spacial score (nSPS) is 12.9. The number of unbranched alkanes of at least 4 members (excludes halogenated alkanes) is 22. The fraction of sp³-hybridized carbons (Fsp3) is 0.672. The Balaban J connectivity index is 4.20. The Morgan fingerprint density at radius 1 is 0.300 bits per heavy atom. The van der Waals surface area contributed by atoms with Crippen molar-refractivity contribution in [2.75, 3.05) is 13.2 Å². The van der Waals surface area contributed by atoms with Crippen LogP contribution in [0.2, 0.25) is 0 Å². The summed E-state index contributed by atoms with van der Waals surface area (Å²) < 4.78 is 16.7. The van der Waals surface area contributed by atoms with Gasteiger partial charge in [-0.2, -0.15) is 0 Å². The van der Waals surface area contributed by atoms with Crippen molar-refractivity contribution in [1.82, 2.24) is 0 Å². The summed E-state index contributed by atoms with van der Waals surface area (Å²) in [5.41, 5.74) is 0. The molecule has 0 saturated heterocycles.